The van der Waals surface area contributed by atoms with E-state index in [1.807, 2.05) is 0 Å². The number of hydrogen-bond donors (Lipinski definition) is 2. The van der Waals surface area contributed by atoms with E-state index in [1.54, 1.807) is 0 Å². The minimum absolute atomic E-state index is 0.124. The largest absolute Gasteiger partial charge is 0.507 e. The number of phenols is 2. The normalized spacial score (nSPS) is 15.7. The van der Waals surface area contributed by atoms with Crippen molar-refractivity contribution in [1.29, 1.82) is 0 Å². The van der Waals surface area contributed by atoms with Crippen LogP contribution in [-0.2, 0) is 52.1 Å². The Kier molecular flexibility index (Phi) is 10.3. The molecule has 0 unspecified atom stereocenters. The molecule has 4 aromatic rings. The molecule has 5 heteroatoms. The molecule has 2 aliphatic rings. The lowest BCUT2D eigenvalue weighted by atomic mass is 9.79. The molecule has 0 aromatic heterocycles. The van der Waals surface area contributed by atoms with Crippen LogP contribution >= 0.6 is 0 Å². The third-order valence-electron chi connectivity index (χ3n) is 11.0. The van der Waals surface area contributed by atoms with Gasteiger partial charge in [-0.2, -0.15) is 0 Å². The molecule has 0 radical (unpaired) electrons. The van der Waals surface area contributed by atoms with E-state index in [4.69, 9.17) is 14.2 Å². The zero-order valence-electron chi connectivity index (χ0n) is 34.4. The first kappa shape index (κ1) is 38.8. The lowest BCUT2D eigenvalue weighted by Gasteiger charge is -2.28. The topological polar surface area (TPSA) is 68.2 Å². The Bertz CT molecular complexity index is 1860. The summed E-state index contributed by atoms with van der Waals surface area (Å²) in [5.74, 6) is 2.24. The van der Waals surface area contributed by atoms with Crippen LogP contribution in [0.3, 0.4) is 0 Å². The van der Waals surface area contributed by atoms with Gasteiger partial charge in [-0.25, -0.2) is 0 Å². The van der Waals surface area contributed by atoms with E-state index in [-0.39, 0.29) is 33.2 Å². The van der Waals surface area contributed by atoms with E-state index in [2.05, 4.69) is 132 Å². The van der Waals surface area contributed by atoms with Crippen LogP contribution in [0.5, 0.6) is 23.0 Å². The van der Waals surface area contributed by atoms with E-state index < -0.39 is 0 Å². The molecule has 284 valence electrons. The fourth-order valence-corrected chi connectivity index (χ4v) is 7.52. The molecular formula is C48H62O5. The number of rotatable bonds is 0. The summed E-state index contributed by atoms with van der Waals surface area (Å²) in [5, 5.41) is 24.4. The van der Waals surface area contributed by atoms with E-state index in [1.165, 1.54) is 11.1 Å². The van der Waals surface area contributed by atoms with Gasteiger partial charge in [0.15, 0.2) is 0 Å². The quantitative estimate of drug-likeness (QED) is 0.167. The molecule has 0 amide bonds. The van der Waals surface area contributed by atoms with Crippen molar-refractivity contribution in [1.82, 2.24) is 0 Å². The lowest BCUT2D eigenvalue weighted by molar-refractivity contribution is 0.0750. The van der Waals surface area contributed by atoms with Gasteiger partial charge in [0.25, 0.3) is 0 Å². The molecule has 2 N–H and O–H groups in total. The van der Waals surface area contributed by atoms with Crippen molar-refractivity contribution in [3.63, 3.8) is 0 Å². The molecule has 0 saturated carbocycles. The van der Waals surface area contributed by atoms with Gasteiger partial charge in [-0.15, -0.1) is 0 Å². The van der Waals surface area contributed by atoms with E-state index >= 15 is 0 Å². The van der Waals surface area contributed by atoms with Crippen LogP contribution in [0, 0.1) is 0 Å². The molecule has 10 bridgehead atoms. The zero-order chi connectivity index (χ0) is 38.7. The number of benzene rings is 4. The highest BCUT2D eigenvalue weighted by molar-refractivity contribution is 5.59. The SMILES string of the molecule is CC(C)(C)c1cc2c(O)c(c1)Cc1cc(C(C)(C)C)cc3c1OCCOCCOc1c(cc(C(C)(C)C)cc1C3)Cc1cc(C(C)(C)C)cc(c1O)C2. The van der Waals surface area contributed by atoms with Crippen molar-refractivity contribution in [2.24, 2.45) is 0 Å². The second-order valence-corrected chi connectivity index (χ2v) is 19.5. The van der Waals surface area contributed by atoms with Crippen molar-refractivity contribution < 1.29 is 24.4 Å². The second kappa shape index (κ2) is 14.0. The summed E-state index contributed by atoms with van der Waals surface area (Å²) in [7, 11) is 0. The maximum Gasteiger partial charge on any atom is 0.126 e. The Morgan fingerprint density at radius 2 is 0.585 bits per heavy atom. The number of aromatic hydroxyl groups is 2. The second-order valence-electron chi connectivity index (χ2n) is 19.5. The summed E-state index contributed by atoms with van der Waals surface area (Å²) in [4.78, 5) is 0. The standard InChI is InChI=1S/C48H62O5/c1-45(2,3)37-21-29-17-30-22-38(46(4,5)6)24-32(42(30)50)19-34-26-40(48(10,11)12)28-36-20-35-27-39(47(7,8)9)25-33(18-31(23-37)41(29)49)43(35)52-15-13-51-14-16-53-44(34)36/h21-28,49-50H,13-20H2,1-12H3. The monoisotopic (exact) mass is 718 g/mol. The molecule has 0 atom stereocenters. The van der Waals surface area contributed by atoms with Crippen LogP contribution in [0.25, 0.3) is 0 Å². The van der Waals surface area contributed by atoms with Gasteiger partial charge < -0.3 is 24.4 Å². The van der Waals surface area contributed by atoms with Crippen LogP contribution in [0.1, 0.15) is 150 Å². The Hall–Kier alpha value is -3.96. The van der Waals surface area contributed by atoms with Crippen molar-refractivity contribution >= 4 is 0 Å². The Labute approximate surface area is 318 Å². The van der Waals surface area contributed by atoms with Gasteiger partial charge in [0.05, 0.1) is 13.2 Å². The van der Waals surface area contributed by atoms with Gasteiger partial charge in [0, 0.05) is 25.7 Å². The Morgan fingerprint density at radius 3 is 0.849 bits per heavy atom. The zero-order valence-corrected chi connectivity index (χ0v) is 34.4. The van der Waals surface area contributed by atoms with Crippen LogP contribution < -0.4 is 9.47 Å². The van der Waals surface area contributed by atoms with Gasteiger partial charge in [0.2, 0.25) is 0 Å². The summed E-state index contributed by atoms with van der Waals surface area (Å²) >= 11 is 0. The van der Waals surface area contributed by atoms with Crippen molar-refractivity contribution in [3.8, 4) is 23.0 Å². The molecule has 4 aromatic carbocycles. The predicted molar refractivity (Wildman–Crippen MR) is 217 cm³/mol. The molecule has 5 nitrogen and oxygen atoms in total. The molecule has 1 aliphatic heterocycles. The summed E-state index contributed by atoms with van der Waals surface area (Å²) in [5.41, 5.74) is 11.7. The first-order valence-corrected chi connectivity index (χ1v) is 19.5. The minimum atomic E-state index is -0.161. The van der Waals surface area contributed by atoms with Crippen LogP contribution in [0.4, 0.5) is 0 Å². The van der Waals surface area contributed by atoms with E-state index in [9.17, 15) is 10.2 Å². The molecule has 0 fully saturated rings. The maximum absolute atomic E-state index is 12.2. The molecular weight excluding hydrogens is 657 g/mol. The van der Waals surface area contributed by atoms with Crippen LogP contribution in [0.2, 0.25) is 0 Å². The summed E-state index contributed by atoms with van der Waals surface area (Å²) < 4.78 is 19.5. The lowest BCUT2D eigenvalue weighted by Crippen LogP contribution is -2.19. The van der Waals surface area contributed by atoms with Crippen molar-refractivity contribution in [2.75, 3.05) is 26.4 Å². The predicted octanol–water partition coefficient (Wildman–Crippen LogP) is 10.8. The van der Waals surface area contributed by atoms with E-state index in [0.29, 0.717) is 52.1 Å². The van der Waals surface area contributed by atoms with Gasteiger partial charge in [0.1, 0.15) is 36.2 Å². The van der Waals surface area contributed by atoms with Crippen molar-refractivity contribution in [2.45, 2.75) is 130 Å². The van der Waals surface area contributed by atoms with Crippen molar-refractivity contribution in [3.05, 3.63) is 115 Å². The van der Waals surface area contributed by atoms with Crippen LogP contribution in [0.15, 0.2) is 48.5 Å². The average Bonchev–Trinajstić information content (AvgIpc) is 3.02. The van der Waals surface area contributed by atoms with Crippen LogP contribution in [-0.4, -0.2) is 36.6 Å². The highest BCUT2D eigenvalue weighted by Crippen LogP contribution is 2.43. The number of ether oxygens (including phenoxy) is 3. The first-order valence-electron chi connectivity index (χ1n) is 19.5. The molecule has 1 aliphatic carbocycles. The third kappa shape index (κ3) is 8.41. The van der Waals surface area contributed by atoms with Gasteiger partial charge in [-0.3, -0.25) is 0 Å². The van der Waals surface area contributed by atoms with Gasteiger partial charge in [-0.05, 0) is 88.4 Å². The van der Waals surface area contributed by atoms with Gasteiger partial charge in [-0.1, -0.05) is 132 Å². The number of phenolic OH excluding ortho intramolecular Hbond substituents is 2. The van der Waals surface area contributed by atoms with Gasteiger partial charge >= 0.3 is 0 Å². The third-order valence-corrected chi connectivity index (χ3v) is 11.0. The smallest absolute Gasteiger partial charge is 0.126 e. The highest BCUT2D eigenvalue weighted by atomic mass is 16.5. The summed E-state index contributed by atoms with van der Waals surface area (Å²) in [6, 6.07) is 17.8. The summed E-state index contributed by atoms with van der Waals surface area (Å²) in [6.45, 7) is 28.5. The molecule has 1 heterocycles. The Balaban J connectivity index is 1.75. The number of hydrogen-bond acceptors (Lipinski definition) is 5. The molecule has 0 saturated heterocycles. The molecule has 6 rings (SSSR count). The fraction of sp³-hybridized carbons (Fsp3) is 0.500. The average molecular weight is 719 g/mol. The summed E-state index contributed by atoms with van der Waals surface area (Å²) in [6.07, 6.45) is 1.99. The highest BCUT2D eigenvalue weighted by Gasteiger charge is 2.28. The fourth-order valence-electron chi connectivity index (χ4n) is 7.52. The van der Waals surface area contributed by atoms with E-state index in [0.717, 1.165) is 67.1 Å². The minimum Gasteiger partial charge on any atom is -0.507 e. The maximum atomic E-state index is 12.2. The Morgan fingerprint density at radius 1 is 0.358 bits per heavy atom. The number of fused-ring (bicyclic) bond motifs is 4. The first-order chi connectivity index (χ1) is 24.6. The molecule has 53 heavy (non-hydrogen) atoms. The molecule has 0 spiro atoms.